The van der Waals surface area contributed by atoms with E-state index in [0.29, 0.717) is 31.0 Å². The third-order valence-electron chi connectivity index (χ3n) is 3.48. The molecule has 24 heavy (non-hydrogen) atoms. The minimum absolute atomic E-state index is 0.274. The van der Waals surface area contributed by atoms with Gasteiger partial charge in [0.2, 0.25) is 0 Å². The highest BCUT2D eigenvalue weighted by Crippen LogP contribution is 2.39. The van der Waals surface area contributed by atoms with Crippen molar-refractivity contribution in [1.82, 2.24) is 0 Å². The molecule has 1 heterocycles. The zero-order valence-corrected chi connectivity index (χ0v) is 16.2. The summed E-state index contributed by atoms with van der Waals surface area (Å²) in [5.41, 5.74) is 2.39. The zero-order chi connectivity index (χ0) is 17.0. The molecule has 0 aromatic heterocycles. The van der Waals surface area contributed by atoms with Crippen LogP contribution in [-0.2, 0) is 18.9 Å². The van der Waals surface area contributed by atoms with E-state index in [9.17, 15) is 0 Å². The molecule has 0 unspecified atom stereocenters. The minimum Gasteiger partial charge on any atom is -0.378 e. The van der Waals surface area contributed by atoms with E-state index in [1.807, 2.05) is 37.4 Å². The molecule has 1 saturated heterocycles. The minimum atomic E-state index is -0.274. The molecule has 0 radical (unpaired) electrons. The second-order valence-corrected chi connectivity index (χ2v) is 7.93. The lowest BCUT2D eigenvalue weighted by Crippen LogP contribution is -2.09. The molecule has 1 aromatic rings. The van der Waals surface area contributed by atoms with Crippen molar-refractivity contribution < 1.29 is 18.9 Å². The van der Waals surface area contributed by atoms with Crippen molar-refractivity contribution in [3.05, 3.63) is 35.4 Å². The molecule has 1 fully saturated rings. The van der Waals surface area contributed by atoms with Gasteiger partial charge < -0.3 is 18.9 Å². The van der Waals surface area contributed by atoms with Crippen LogP contribution >= 0.6 is 23.5 Å². The van der Waals surface area contributed by atoms with Crippen LogP contribution in [0.4, 0.5) is 0 Å². The van der Waals surface area contributed by atoms with Gasteiger partial charge >= 0.3 is 0 Å². The highest BCUT2D eigenvalue weighted by molar-refractivity contribution is 8.16. The van der Waals surface area contributed by atoms with Gasteiger partial charge in [-0.1, -0.05) is 24.3 Å². The molecule has 0 bridgehead atoms. The Kier molecular flexibility index (Phi) is 10.2. The fourth-order valence-corrected chi connectivity index (χ4v) is 4.86. The van der Waals surface area contributed by atoms with Crippen molar-refractivity contribution in [2.24, 2.45) is 0 Å². The van der Waals surface area contributed by atoms with Gasteiger partial charge in [-0.05, 0) is 19.4 Å². The molecule has 2 rings (SSSR count). The maximum atomic E-state index is 5.67. The first-order valence-corrected chi connectivity index (χ1v) is 10.7. The van der Waals surface area contributed by atoms with Gasteiger partial charge in [0, 0.05) is 30.3 Å². The van der Waals surface area contributed by atoms with E-state index >= 15 is 0 Å². The summed E-state index contributed by atoms with van der Waals surface area (Å²) in [4.78, 5) is 0. The van der Waals surface area contributed by atoms with Crippen LogP contribution < -0.4 is 0 Å². The summed E-state index contributed by atoms with van der Waals surface area (Å²) in [7, 11) is 0. The van der Waals surface area contributed by atoms with Crippen LogP contribution in [0.3, 0.4) is 0 Å². The number of rotatable bonds is 6. The van der Waals surface area contributed by atoms with Gasteiger partial charge in [0.15, 0.2) is 6.29 Å². The van der Waals surface area contributed by atoms with Crippen molar-refractivity contribution in [2.45, 2.75) is 24.7 Å². The van der Waals surface area contributed by atoms with Gasteiger partial charge in [-0.2, -0.15) is 0 Å². The number of hydrogen-bond donors (Lipinski definition) is 0. The molecule has 0 N–H and O–H groups in total. The topological polar surface area (TPSA) is 36.9 Å². The van der Waals surface area contributed by atoms with Crippen molar-refractivity contribution in [3.8, 4) is 0 Å². The largest absolute Gasteiger partial charge is 0.378 e. The lowest BCUT2D eigenvalue weighted by atomic mass is 10.1. The molecule has 0 spiro atoms. The first-order chi connectivity index (χ1) is 11.8. The molecular weight excluding hydrogens is 344 g/mol. The Morgan fingerprint density at radius 2 is 1.46 bits per heavy atom. The van der Waals surface area contributed by atoms with Gasteiger partial charge in [0.05, 0.1) is 31.0 Å². The van der Waals surface area contributed by atoms with Crippen LogP contribution in [0.2, 0.25) is 0 Å². The summed E-state index contributed by atoms with van der Waals surface area (Å²) in [5, 5.41) is 0. The Labute approximate surface area is 154 Å². The quantitative estimate of drug-likeness (QED) is 0.694. The van der Waals surface area contributed by atoms with Crippen LogP contribution in [0.15, 0.2) is 24.3 Å². The number of hydrogen-bond acceptors (Lipinski definition) is 6. The van der Waals surface area contributed by atoms with E-state index in [1.54, 1.807) is 0 Å². The van der Waals surface area contributed by atoms with E-state index in [2.05, 4.69) is 24.3 Å². The number of ether oxygens (including phenoxy) is 4. The van der Waals surface area contributed by atoms with Gasteiger partial charge in [-0.25, -0.2) is 0 Å². The first kappa shape index (κ1) is 20.1. The molecule has 1 aliphatic heterocycles. The summed E-state index contributed by atoms with van der Waals surface area (Å²) in [6, 6.07) is 8.61. The van der Waals surface area contributed by atoms with Crippen LogP contribution in [0.25, 0.3) is 0 Å². The number of benzene rings is 1. The normalized spacial score (nSPS) is 18.5. The Balaban J connectivity index is 2.00. The van der Waals surface area contributed by atoms with Gasteiger partial charge in [-0.3, -0.25) is 0 Å². The SMILES string of the molecule is CCOC(OCC)c1ccc(C2SCCOCCOCCS2)cc1. The standard InChI is InChI=1S/C18H28O4S2/c1-3-21-17(22-4-2)15-5-7-16(8-6-15)18-23-13-11-19-9-10-20-12-14-24-18/h5-8,17-18H,3-4,9-14H2,1-2H3. The smallest absolute Gasteiger partial charge is 0.183 e. The molecule has 1 aliphatic rings. The van der Waals surface area contributed by atoms with Gasteiger partial charge in [0.1, 0.15) is 0 Å². The van der Waals surface area contributed by atoms with Crippen LogP contribution in [-0.4, -0.2) is 51.1 Å². The lowest BCUT2D eigenvalue weighted by molar-refractivity contribution is -0.140. The number of thioether (sulfide) groups is 2. The Bertz CT molecular complexity index is 423. The van der Waals surface area contributed by atoms with E-state index in [-0.39, 0.29) is 6.29 Å². The summed E-state index contributed by atoms with van der Waals surface area (Å²) >= 11 is 3.87. The lowest BCUT2D eigenvalue weighted by Gasteiger charge is -2.20. The fourth-order valence-electron chi connectivity index (χ4n) is 2.34. The third kappa shape index (κ3) is 6.94. The monoisotopic (exact) mass is 372 g/mol. The van der Waals surface area contributed by atoms with Crippen molar-refractivity contribution in [3.63, 3.8) is 0 Å². The van der Waals surface area contributed by atoms with E-state index < -0.39 is 0 Å². The summed E-state index contributed by atoms with van der Waals surface area (Å²) in [6.45, 7) is 8.20. The molecule has 0 saturated carbocycles. The van der Waals surface area contributed by atoms with E-state index in [0.717, 1.165) is 30.3 Å². The predicted octanol–water partition coefficient (Wildman–Crippen LogP) is 4.27. The summed E-state index contributed by atoms with van der Waals surface area (Å²) in [6.07, 6.45) is -0.274. The molecule has 0 amide bonds. The fraction of sp³-hybridized carbons (Fsp3) is 0.667. The molecule has 0 aliphatic carbocycles. The van der Waals surface area contributed by atoms with Crippen LogP contribution in [0.1, 0.15) is 35.8 Å². The first-order valence-electron chi connectivity index (χ1n) is 8.57. The highest BCUT2D eigenvalue weighted by atomic mass is 32.2. The molecule has 0 atom stereocenters. The Morgan fingerprint density at radius 3 is 1.96 bits per heavy atom. The van der Waals surface area contributed by atoms with Crippen LogP contribution in [0.5, 0.6) is 0 Å². The van der Waals surface area contributed by atoms with Crippen molar-refractivity contribution in [2.75, 3.05) is 51.1 Å². The Morgan fingerprint density at radius 1 is 0.917 bits per heavy atom. The van der Waals surface area contributed by atoms with Crippen molar-refractivity contribution in [1.29, 1.82) is 0 Å². The van der Waals surface area contributed by atoms with E-state index in [4.69, 9.17) is 18.9 Å². The predicted molar refractivity (Wildman–Crippen MR) is 102 cm³/mol. The van der Waals surface area contributed by atoms with Gasteiger partial charge in [0.25, 0.3) is 0 Å². The maximum Gasteiger partial charge on any atom is 0.183 e. The van der Waals surface area contributed by atoms with Crippen LogP contribution in [0, 0.1) is 0 Å². The average molecular weight is 373 g/mol. The van der Waals surface area contributed by atoms with E-state index in [1.165, 1.54) is 5.56 Å². The highest BCUT2D eigenvalue weighted by Gasteiger charge is 2.16. The molecule has 6 heteroatoms. The second kappa shape index (κ2) is 12.2. The molecular formula is C18H28O4S2. The summed E-state index contributed by atoms with van der Waals surface area (Å²) in [5.74, 6) is 2.00. The maximum absolute atomic E-state index is 5.67. The van der Waals surface area contributed by atoms with Crippen molar-refractivity contribution >= 4 is 23.5 Å². The third-order valence-corrected chi connectivity index (χ3v) is 6.25. The average Bonchev–Trinajstić information content (AvgIpc) is 2.67. The molecule has 1 aromatic carbocycles. The summed E-state index contributed by atoms with van der Waals surface area (Å²) < 4.78 is 22.9. The zero-order valence-electron chi connectivity index (χ0n) is 14.6. The molecule has 136 valence electrons. The van der Waals surface area contributed by atoms with Gasteiger partial charge in [-0.15, -0.1) is 23.5 Å². The molecule has 4 nitrogen and oxygen atoms in total. The Hall–Kier alpha value is -0.240. The second-order valence-electron chi connectivity index (χ2n) is 5.21.